The Morgan fingerprint density at radius 1 is 1.21 bits per heavy atom. The van der Waals surface area contributed by atoms with Gasteiger partial charge in [0.25, 0.3) is 5.78 Å². The van der Waals surface area contributed by atoms with Gasteiger partial charge in [-0.25, -0.2) is 0 Å². The molecule has 1 unspecified atom stereocenters. The number of rotatable bonds is 3. The number of nitrogens with zero attached hydrogens (tertiary/aromatic N) is 3. The van der Waals surface area contributed by atoms with E-state index in [9.17, 15) is 14.7 Å². The number of ketones is 1. The minimum atomic E-state index is -0.895. The maximum absolute atomic E-state index is 12.8. The molecule has 8 heteroatoms. The third-order valence-corrected chi connectivity index (χ3v) is 4.68. The molecule has 1 saturated heterocycles. The summed E-state index contributed by atoms with van der Waals surface area (Å²) < 4.78 is 5.07. The Labute approximate surface area is 164 Å². The summed E-state index contributed by atoms with van der Waals surface area (Å²) in [6, 6.07) is 10.4. The Hall–Kier alpha value is -3.45. The lowest BCUT2D eigenvalue weighted by Gasteiger charge is -2.22. The van der Waals surface area contributed by atoms with Crippen LogP contribution in [0.2, 0.25) is 5.02 Å². The molecule has 0 aliphatic carbocycles. The van der Waals surface area contributed by atoms with E-state index in [2.05, 4.69) is 10.1 Å². The van der Waals surface area contributed by atoms with Gasteiger partial charge in [-0.3, -0.25) is 19.5 Å². The molecule has 3 aromatic rings. The van der Waals surface area contributed by atoms with Gasteiger partial charge in [0.05, 0.1) is 11.6 Å². The first-order valence-corrected chi connectivity index (χ1v) is 8.75. The zero-order chi connectivity index (χ0) is 19.8. The highest BCUT2D eigenvalue weighted by molar-refractivity contribution is 6.51. The fourth-order valence-electron chi connectivity index (χ4n) is 3.15. The van der Waals surface area contributed by atoms with E-state index in [0.717, 1.165) is 0 Å². The van der Waals surface area contributed by atoms with E-state index in [1.54, 1.807) is 55.6 Å². The van der Waals surface area contributed by atoms with Gasteiger partial charge >= 0.3 is 5.91 Å². The molecule has 0 spiro atoms. The van der Waals surface area contributed by atoms with Crippen molar-refractivity contribution in [3.8, 4) is 0 Å². The number of pyridine rings is 1. The smallest absolute Gasteiger partial charge is 0.301 e. The summed E-state index contributed by atoms with van der Waals surface area (Å²) >= 11 is 5.90. The Bertz CT molecular complexity index is 1090. The second-order valence-electron chi connectivity index (χ2n) is 6.26. The normalized spacial score (nSPS) is 18.6. The van der Waals surface area contributed by atoms with Crippen molar-refractivity contribution in [3.63, 3.8) is 0 Å². The predicted octanol–water partition coefficient (Wildman–Crippen LogP) is 3.66. The van der Waals surface area contributed by atoms with Gasteiger partial charge in [0.15, 0.2) is 5.82 Å². The molecular weight excluding hydrogens is 382 g/mol. The van der Waals surface area contributed by atoms with Crippen LogP contribution in [-0.4, -0.2) is 26.9 Å². The van der Waals surface area contributed by atoms with Gasteiger partial charge in [-0.05, 0) is 42.8 Å². The zero-order valence-electron chi connectivity index (χ0n) is 14.7. The zero-order valence-corrected chi connectivity index (χ0v) is 15.4. The average molecular weight is 396 g/mol. The first-order valence-electron chi connectivity index (χ1n) is 8.37. The average Bonchev–Trinajstić information content (AvgIpc) is 3.24. The maximum atomic E-state index is 12.8. The van der Waals surface area contributed by atoms with Crippen LogP contribution in [0.3, 0.4) is 0 Å². The number of aliphatic hydroxyl groups is 1. The highest BCUT2D eigenvalue weighted by Gasteiger charge is 2.48. The molecular formula is C20H14ClN3O4. The summed E-state index contributed by atoms with van der Waals surface area (Å²) in [4.78, 5) is 30.9. The minimum Gasteiger partial charge on any atom is -0.507 e. The predicted molar refractivity (Wildman–Crippen MR) is 102 cm³/mol. The topological polar surface area (TPSA) is 96.5 Å². The van der Waals surface area contributed by atoms with Gasteiger partial charge in [0.1, 0.15) is 11.5 Å². The number of hydrogen-bond donors (Lipinski definition) is 1. The minimum absolute atomic E-state index is 0.0547. The summed E-state index contributed by atoms with van der Waals surface area (Å²) in [6.07, 6.45) is 3.11. The van der Waals surface area contributed by atoms with E-state index < -0.39 is 17.7 Å². The number of Topliss-reactive ketones (excluding diaryl/α,β-unsaturated/α-hetero) is 1. The fraction of sp³-hybridized carbons (Fsp3) is 0.100. The summed E-state index contributed by atoms with van der Waals surface area (Å²) in [7, 11) is 0. The van der Waals surface area contributed by atoms with Crippen molar-refractivity contribution in [2.45, 2.75) is 13.0 Å². The number of carbonyl (C=O) groups excluding carboxylic acids is 2. The molecule has 1 fully saturated rings. The third kappa shape index (κ3) is 2.95. The van der Waals surface area contributed by atoms with Crippen LogP contribution in [0, 0.1) is 6.92 Å². The number of halogens is 1. The van der Waals surface area contributed by atoms with E-state index in [0.29, 0.717) is 21.9 Å². The molecule has 7 nitrogen and oxygen atoms in total. The number of aliphatic hydroxyl groups excluding tert-OH is 1. The lowest BCUT2D eigenvalue weighted by Crippen LogP contribution is -2.29. The van der Waals surface area contributed by atoms with Crippen LogP contribution in [0.5, 0.6) is 0 Å². The second kappa shape index (κ2) is 6.94. The third-order valence-electron chi connectivity index (χ3n) is 4.42. The number of carbonyl (C=O) groups is 2. The molecule has 28 heavy (non-hydrogen) atoms. The van der Waals surface area contributed by atoms with Crippen LogP contribution < -0.4 is 4.90 Å². The number of aryl methyl sites for hydroxylation is 1. The molecule has 1 atom stereocenters. The van der Waals surface area contributed by atoms with E-state index in [4.69, 9.17) is 16.1 Å². The molecule has 1 aliphatic heterocycles. The van der Waals surface area contributed by atoms with E-state index >= 15 is 0 Å². The lowest BCUT2D eigenvalue weighted by molar-refractivity contribution is -0.132. The highest BCUT2D eigenvalue weighted by Crippen LogP contribution is 2.41. The van der Waals surface area contributed by atoms with Crippen LogP contribution >= 0.6 is 11.6 Å². The van der Waals surface area contributed by atoms with E-state index in [-0.39, 0.29) is 17.2 Å². The molecule has 0 bridgehead atoms. The summed E-state index contributed by atoms with van der Waals surface area (Å²) in [5, 5.41) is 15.2. The highest BCUT2D eigenvalue weighted by atomic mass is 35.5. The van der Waals surface area contributed by atoms with Crippen molar-refractivity contribution in [1.29, 1.82) is 0 Å². The van der Waals surface area contributed by atoms with Crippen molar-refractivity contribution >= 4 is 34.9 Å². The molecule has 1 aromatic carbocycles. The van der Waals surface area contributed by atoms with Crippen molar-refractivity contribution in [2.24, 2.45) is 0 Å². The van der Waals surface area contributed by atoms with Gasteiger partial charge in [0.2, 0.25) is 0 Å². The molecule has 140 valence electrons. The van der Waals surface area contributed by atoms with Crippen LogP contribution in [0.1, 0.15) is 22.9 Å². The monoisotopic (exact) mass is 395 g/mol. The molecule has 2 aromatic heterocycles. The quantitative estimate of drug-likeness (QED) is 0.413. The van der Waals surface area contributed by atoms with E-state index in [1.165, 1.54) is 11.1 Å². The number of amides is 1. The van der Waals surface area contributed by atoms with Gasteiger partial charge in [-0.1, -0.05) is 22.8 Å². The number of benzene rings is 1. The number of anilines is 1. The van der Waals surface area contributed by atoms with E-state index in [1.807, 2.05) is 0 Å². The Morgan fingerprint density at radius 2 is 1.96 bits per heavy atom. The number of aromatic nitrogens is 2. The van der Waals surface area contributed by atoms with Crippen molar-refractivity contribution < 1.29 is 19.2 Å². The van der Waals surface area contributed by atoms with Gasteiger partial charge in [-0.2, -0.15) is 0 Å². The first-order chi connectivity index (χ1) is 13.5. The van der Waals surface area contributed by atoms with Crippen LogP contribution in [0.15, 0.2) is 65.0 Å². The molecule has 0 radical (unpaired) electrons. The lowest BCUT2D eigenvalue weighted by atomic mass is 9.96. The Kier molecular flexibility index (Phi) is 4.44. The Morgan fingerprint density at radius 3 is 2.57 bits per heavy atom. The van der Waals surface area contributed by atoms with Gasteiger partial charge in [-0.15, -0.1) is 0 Å². The SMILES string of the molecule is Cc1cc(N2C(=O)C(=O)/C(=C(/O)c3ccc(Cl)cc3)C2c2cccnc2)no1. The van der Waals surface area contributed by atoms with Crippen LogP contribution in [0.25, 0.3) is 5.76 Å². The first kappa shape index (κ1) is 17.9. The van der Waals surface area contributed by atoms with Crippen molar-refractivity contribution in [1.82, 2.24) is 10.1 Å². The van der Waals surface area contributed by atoms with Gasteiger partial charge < -0.3 is 9.63 Å². The molecule has 1 aliphatic rings. The summed E-state index contributed by atoms with van der Waals surface area (Å²) in [5.74, 6) is -1.26. The molecule has 0 saturated carbocycles. The molecule has 1 amide bonds. The Balaban J connectivity index is 1.93. The van der Waals surface area contributed by atoms with Crippen LogP contribution in [0.4, 0.5) is 5.82 Å². The van der Waals surface area contributed by atoms with Crippen molar-refractivity contribution in [3.05, 3.63) is 82.3 Å². The summed E-state index contributed by atoms with van der Waals surface area (Å²) in [5.41, 5.74) is 0.867. The van der Waals surface area contributed by atoms with Gasteiger partial charge in [0, 0.05) is 29.0 Å². The molecule has 3 heterocycles. The summed E-state index contributed by atoms with van der Waals surface area (Å²) in [6.45, 7) is 1.68. The maximum Gasteiger partial charge on any atom is 0.301 e. The second-order valence-corrected chi connectivity index (χ2v) is 6.69. The standard InChI is InChI=1S/C20H14ClN3O4/c1-11-9-15(23-28-11)24-17(13-3-2-8-22-10-13)16(19(26)20(24)27)18(25)12-4-6-14(21)7-5-12/h2-10,17,25H,1H3/b18-16+. The fourth-order valence-corrected chi connectivity index (χ4v) is 3.28. The van der Waals surface area contributed by atoms with Crippen molar-refractivity contribution in [2.75, 3.05) is 4.90 Å². The van der Waals surface area contributed by atoms with Crippen LogP contribution in [-0.2, 0) is 9.59 Å². The molecule has 1 N–H and O–H groups in total. The largest absolute Gasteiger partial charge is 0.507 e. The molecule has 4 rings (SSSR count). The number of hydrogen-bond acceptors (Lipinski definition) is 6.